The topological polar surface area (TPSA) is 56.2 Å². The van der Waals surface area contributed by atoms with E-state index in [-0.39, 0.29) is 16.7 Å². The van der Waals surface area contributed by atoms with E-state index in [1.165, 1.54) is 12.1 Å². The largest absolute Gasteiger partial charge is 0.389 e. The van der Waals surface area contributed by atoms with Gasteiger partial charge >= 0.3 is 0 Å². The number of thiocarbonyl (C=S) groups is 1. The Hall–Kier alpha value is -2.05. The molecule has 0 radical (unpaired) electrons. The molecule has 7 heteroatoms. The molecule has 2 aromatic heterocycles. The number of rotatable bonds is 3. The number of aryl methyl sites for hydroxylation is 1. The second-order valence-corrected chi connectivity index (χ2v) is 5.55. The highest BCUT2D eigenvalue weighted by Gasteiger charge is 2.18. The molecule has 2 heterocycles. The van der Waals surface area contributed by atoms with E-state index in [1.54, 1.807) is 16.6 Å². The first-order valence-electron chi connectivity index (χ1n) is 6.52. The lowest BCUT2D eigenvalue weighted by Crippen LogP contribution is -2.14. The molecule has 0 saturated carbocycles. The van der Waals surface area contributed by atoms with Gasteiger partial charge in [0.15, 0.2) is 11.5 Å². The van der Waals surface area contributed by atoms with Gasteiger partial charge in [-0.15, -0.1) is 16.7 Å². The molecule has 0 atom stereocenters. The Labute approximate surface area is 136 Å². The Bertz CT molecular complexity index is 873. The molecule has 22 heavy (non-hydrogen) atoms. The van der Waals surface area contributed by atoms with Crippen LogP contribution in [0.15, 0.2) is 30.3 Å². The van der Waals surface area contributed by atoms with Crippen LogP contribution in [0.5, 0.6) is 0 Å². The number of benzene rings is 1. The number of halogens is 2. The summed E-state index contributed by atoms with van der Waals surface area (Å²) in [4.78, 5) is 4.60. The number of pyridine rings is 1. The van der Waals surface area contributed by atoms with Gasteiger partial charge in [0.25, 0.3) is 0 Å². The third-order valence-corrected chi connectivity index (χ3v) is 3.80. The number of alkyl halides is 1. The summed E-state index contributed by atoms with van der Waals surface area (Å²) in [5.41, 5.74) is 9.52. The summed E-state index contributed by atoms with van der Waals surface area (Å²) in [6.07, 6.45) is 0. The molecule has 3 aromatic rings. The van der Waals surface area contributed by atoms with Crippen molar-refractivity contribution in [2.45, 2.75) is 12.8 Å². The van der Waals surface area contributed by atoms with Crippen molar-refractivity contribution in [1.82, 2.24) is 14.6 Å². The standard InChI is InChI=1S/C15H12ClFN4S/c1-8-6-11(9-2-4-10(17)5-3-9)13(14(18)22)15-19-12(7-16)20-21(8)15/h2-6H,7H2,1H3,(H2,18,22). The van der Waals surface area contributed by atoms with Crippen LogP contribution in [0.2, 0.25) is 0 Å². The molecule has 0 unspecified atom stereocenters. The summed E-state index contributed by atoms with van der Waals surface area (Å²) < 4.78 is 14.8. The SMILES string of the molecule is Cc1cc(-c2ccc(F)cc2)c(C(N)=S)c2nc(CCl)nn12. The Kier molecular flexibility index (Phi) is 3.80. The lowest BCUT2D eigenvalue weighted by atomic mass is 10.00. The normalized spacial score (nSPS) is 11.0. The first-order valence-corrected chi connectivity index (χ1v) is 7.46. The summed E-state index contributed by atoms with van der Waals surface area (Å²) >= 11 is 11.0. The summed E-state index contributed by atoms with van der Waals surface area (Å²) in [6.45, 7) is 1.90. The summed E-state index contributed by atoms with van der Waals surface area (Å²) in [5, 5.41) is 4.32. The van der Waals surface area contributed by atoms with E-state index in [1.807, 2.05) is 13.0 Å². The molecule has 4 nitrogen and oxygen atoms in total. The van der Waals surface area contributed by atoms with Crippen LogP contribution < -0.4 is 5.73 Å². The maximum atomic E-state index is 13.2. The Morgan fingerprint density at radius 3 is 2.64 bits per heavy atom. The van der Waals surface area contributed by atoms with Crippen LogP contribution >= 0.6 is 23.8 Å². The second-order valence-electron chi connectivity index (χ2n) is 4.84. The quantitative estimate of drug-likeness (QED) is 0.590. The van der Waals surface area contributed by atoms with Crippen molar-refractivity contribution >= 4 is 34.5 Å². The summed E-state index contributed by atoms with van der Waals surface area (Å²) in [7, 11) is 0. The van der Waals surface area contributed by atoms with Crippen LogP contribution in [0, 0.1) is 12.7 Å². The number of hydrogen-bond acceptors (Lipinski definition) is 3. The van der Waals surface area contributed by atoms with Crippen LogP contribution in [0.4, 0.5) is 4.39 Å². The molecule has 0 aliphatic heterocycles. The third-order valence-electron chi connectivity index (χ3n) is 3.35. The van der Waals surface area contributed by atoms with Gasteiger partial charge in [-0.05, 0) is 36.2 Å². The van der Waals surface area contributed by atoms with Crippen LogP contribution in [0.1, 0.15) is 17.1 Å². The van der Waals surface area contributed by atoms with Crippen LogP contribution in [0.3, 0.4) is 0 Å². The van der Waals surface area contributed by atoms with Crippen molar-refractivity contribution in [3.63, 3.8) is 0 Å². The molecule has 0 bridgehead atoms. The molecule has 0 aliphatic carbocycles. The number of hydrogen-bond donors (Lipinski definition) is 1. The van der Waals surface area contributed by atoms with E-state index in [4.69, 9.17) is 29.6 Å². The number of nitrogens with zero attached hydrogens (tertiary/aromatic N) is 3. The lowest BCUT2D eigenvalue weighted by molar-refractivity contribution is 0.628. The van der Waals surface area contributed by atoms with Gasteiger partial charge in [0.05, 0.1) is 11.4 Å². The second kappa shape index (κ2) is 5.62. The molecule has 112 valence electrons. The van der Waals surface area contributed by atoms with Gasteiger partial charge in [-0.3, -0.25) is 0 Å². The molecule has 2 N–H and O–H groups in total. The first kappa shape index (κ1) is 14.9. The fourth-order valence-corrected chi connectivity index (χ4v) is 2.70. The monoisotopic (exact) mass is 334 g/mol. The fourth-order valence-electron chi connectivity index (χ4n) is 2.38. The van der Waals surface area contributed by atoms with E-state index >= 15 is 0 Å². The molecule has 0 spiro atoms. The van der Waals surface area contributed by atoms with Crippen molar-refractivity contribution in [3.05, 3.63) is 53.2 Å². The molecule has 3 rings (SSSR count). The first-order chi connectivity index (χ1) is 10.5. The minimum atomic E-state index is -0.301. The van der Waals surface area contributed by atoms with Gasteiger partial charge in [-0.2, -0.15) is 0 Å². The van der Waals surface area contributed by atoms with E-state index in [2.05, 4.69) is 10.1 Å². The zero-order chi connectivity index (χ0) is 15.9. The average Bonchev–Trinajstić information content (AvgIpc) is 2.92. The zero-order valence-electron chi connectivity index (χ0n) is 11.7. The highest BCUT2D eigenvalue weighted by molar-refractivity contribution is 7.80. The van der Waals surface area contributed by atoms with Crippen molar-refractivity contribution in [2.24, 2.45) is 5.73 Å². The molecule has 0 aliphatic rings. The highest BCUT2D eigenvalue weighted by atomic mass is 35.5. The van der Waals surface area contributed by atoms with Crippen LogP contribution in [-0.4, -0.2) is 19.6 Å². The van der Waals surface area contributed by atoms with Gasteiger partial charge in [-0.25, -0.2) is 13.9 Å². The van der Waals surface area contributed by atoms with Gasteiger partial charge < -0.3 is 5.73 Å². The number of aromatic nitrogens is 3. The van der Waals surface area contributed by atoms with Gasteiger partial charge in [0.2, 0.25) is 0 Å². The summed E-state index contributed by atoms with van der Waals surface area (Å²) in [5.74, 6) is 0.396. The zero-order valence-corrected chi connectivity index (χ0v) is 13.2. The smallest absolute Gasteiger partial charge is 0.166 e. The third kappa shape index (κ3) is 2.44. The Balaban J connectivity index is 2.36. The number of fused-ring (bicyclic) bond motifs is 1. The predicted molar refractivity (Wildman–Crippen MR) is 88.6 cm³/mol. The minimum Gasteiger partial charge on any atom is -0.389 e. The Morgan fingerprint density at radius 1 is 1.36 bits per heavy atom. The van der Waals surface area contributed by atoms with E-state index in [9.17, 15) is 4.39 Å². The molecule has 0 fully saturated rings. The van der Waals surface area contributed by atoms with Gasteiger partial charge in [-0.1, -0.05) is 24.4 Å². The van der Waals surface area contributed by atoms with Gasteiger partial charge in [0, 0.05) is 5.69 Å². The fraction of sp³-hybridized carbons (Fsp3) is 0.133. The van der Waals surface area contributed by atoms with Crippen molar-refractivity contribution in [2.75, 3.05) is 0 Å². The van der Waals surface area contributed by atoms with Gasteiger partial charge in [0.1, 0.15) is 10.8 Å². The maximum Gasteiger partial charge on any atom is 0.166 e. The van der Waals surface area contributed by atoms with Crippen molar-refractivity contribution < 1.29 is 4.39 Å². The van der Waals surface area contributed by atoms with E-state index in [0.717, 1.165) is 16.8 Å². The number of nitrogens with two attached hydrogens (primary N) is 1. The molecule has 1 aromatic carbocycles. The van der Waals surface area contributed by atoms with E-state index < -0.39 is 0 Å². The van der Waals surface area contributed by atoms with Crippen molar-refractivity contribution in [3.8, 4) is 11.1 Å². The molecular weight excluding hydrogens is 323 g/mol. The summed E-state index contributed by atoms with van der Waals surface area (Å²) in [6, 6.07) is 8.06. The molecule has 0 amide bonds. The lowest BCUT2D eigenvalue weighted by Gasteiger charge is -2.11. The predicted octanol–water partition coefficient (Wildman–Crippen LogP) is 3.22. The van der Waals surface area contributed by atoms with Crippen molar-refractivity contribution in [1.29, 1.82) is 0 Å². The molecule has 0 saturated heterocycles. The Morgan fingerprint density at radius 2 is 2.05 bits per heavy atom. The highest BCUT2D eigenvalue weighted by Crippen LogP contribution is 2.28. The maximum absolute atomic E-state index is 13.2. The average molecular weight is 335 g/mol. The molecular formula is C15H12ClFN4S. The van der Waals surface area contributed by atoms with Crippen LogP contribution in [0.25, 0.3) is 16.8 Å². The van der Waals surface area contributed by atoms with Crippen LogP contribution in [-0.2, 0) is 5.88 Å². The minimum absolute atomic E-state index is 0.198. The van der Waals surface area contributed by atoms with E-state index in [0.29, 0.717) is 17.0 Å².